The molecule has 1 aliphatic rings. The molecule has 0 saturated carbocycles. The summed E-state index contributed by atoms with van der Waals surface area (Å²) in [5.41, 5.74) is 2.67. The van der Waals surface area contributed by atoms with Crippen LogP contribution in [0.4, 0.5) is 0 Å². The van der Waals surface area contributed by atoms with Gasteiger partial charge in [-0.25, -0.2) is 5.84 Å². The van der Waals surface area contributed by atoms with E-state index in [1.165, 1.54) is 0 Å². The topological polar surface area (TPSA) is 93.9 Å². The van der Waals surface area contributed by atoms with Crippen LogP contribution in [-0.4, -0.2) is 49.6 Å². The number of hydrogen-bond acceptors (Lipinski definition) is 5. The lowest BCUT2D eigenvalue weighted by Gasteiger charge is -2.32. The van der Waals surface area contributed by atoms with Crippen LogP contribution >= 0.6 is 0 Å². The Labute approximate surface area is 142 Å². The zero-order valence-electron chi connectivity index (χ0n) is 14.0. The predicted molar refractivity (Wildman–Crippen MR) is 89.4 cm³/mol. The molecule has 0 radical (unpaired) electrons. The average molecular weight is 335 g/mol. The van der Waals surface area contributed by atoms with Gasteiger partial charge in [-0.05, 0) is 31.9 Å². The molecule has 1 aromatic rings. The lowest BCUT2D eigenvalue weighted by atomic mass is 9.96. The molecule has 1 saturated heterocycles. The molecule has 1 fully saturated rings. The van der Waals surface area contributed by atoms with Crippen molar-refractivity contribution >= 4 is 11.8 Å². The predicted octanol–water partition coefficient (Wildman–Crippen LogP) is 0.944. The van der Waals surface area contributed by atoms with Crippen molar-refractivity contribution in [2.75, 3.05) is 32.9 Å². The van der Waals surface area contributed by atoms with Crippen LogP contribution in [0.25, 0.3) is 0 Å². The molecule has 0 spiro atoms. The summed E-state index contributed by atoms with van der Waals surface area (Å²) in [5, 5.41) is 0. The first-order valence-corrected chi connectivity index (χ1v) is 8.26. The number of likely N-dealkylation sites (tertiary alicyclic amines) is 1. The van der Waals surface area contributed by atoms with Crippen LogP contribution in [0.5, 0.6) is 5.75 Å². The molecule has 3 N–H and O–H groups in total. The molecule has 0 aromatic heterocycles. The fourth-order valence-corrected chi connectivity index (χ4v) is 2.79. The van der Waals surface area contributed by atoms with Gasteiger partial charge in [0.05, 0.1) is 18.1 Å². The van der Waals surface area contributed by atoms with Crippen molar-refractivity contribution in [2.45, 2.75) is 19.8 Å². The molecule has 2 rings (SSSR count). The van der Waals surface area contributed by atoms with Crippen molar-refractivity contribution in [3.8, 4) is 5.75 Å². The largest absolute Gasteiger partial charge is 0.490 e. The third-order valence-corrected chi connectivity index (χ3v) is 4.03. The number of nitrogens with one attached hydrogen (secondary N) is 1. The van der Waals surface area contributed by atoms with Gasteiger partial charge in [0.25, 0.3) is 5.91 Å². The Balaban J connectivity index is 2.04. The number of piperidine rings is 1. The van der Waals surface area contributed by atoms with Gasteiger partial charge < -0.3 is 14.4 Å². The normalized spacial score (nSPS) is 17.4. The van der Waals surface area contributed by atoms with E-state index in [-0.39, 0.29) is 17.7 Å². The number of hydrogen-bond donors (Lipinski definition) is 2. The Morgan fingerprint density at radius 3 is 2.88 bits per heavy atom. The van der Waals surface area contributed by atoms with Crippen LogP contribution in [0.2, 0.25) is 0 Å². The zero-order valence-corrected chi connectivity index (χ0v) is 14.0. The minimum absolute atomic E-state index is 0.128. The third-order valence-electron chi connectivity index (χ3n) is 4.03. The molecule has 1 aliphatic heterocycles. The molecule has 1 aromatic carbocycles. The number of nitrogens with zero attached hydrogens (tertiary/aromatic N) is 1. The molecule has 24 heavy (non-hydrogen) atoms. The van der Waals surface area contributed by atoms with Crippen molar-refractivity contribution < 1.29 is 19.1 Å². The maximum absolute atomic E-state index is 12.8. The molecular weight excluding hydrogens is 310 g/mol. The Kier molecular flexibility index (Phi) is 7.02. The van der Waals surface area contributed by atoms with Crippen LogP contribution in [0.15, 0.2) is 24.3 Å². The average Bonchev–Trinajstić information content (AvgIpc) is 2.64. The van der Waals surface area contributed by atoms with Crippen LogP contribution in [-0.2, 0) is 9.53 Å². The summed E-state index contributed by atoms with van der Waals surface area (Å²) in [7, 11) is 0. The van der Waals surface area contributed by atoms with Gasteiger partial charge in [0.1, 0.15) is 12.4 Å². The number of amides is 2. The number of para-hydroxylation sites is 1. The van der Waals surface area contributed by atoms with E-state index in [0.717, 1.165) is 12.8 Å². The number of carbonyl (C=O) groups is 2. The third kappa shape index (κ3) is 4.69. The zero-order chi connectivity index (χ0) is 17.4. The van der Waals surface area contributed by atoms with Crippen LogP contribution in [0.1, 0.15) is 30.1 Å². The van der Waals surface area contributed by atoms with Crippen molar-refractivity contribution in [2.24, 2.45) is 11.8 Å². The van der Waals surface area contributed by atoms with E-state index in [9.17, 15) is 9.59 Å². The summed E-state index contributed by atoms with van der Waals surface area (Å²) in [6.45, 7) is 4.40. The molecule has 1 heterocycles. The molecule has 7 heteroatoms. The maximum Gasteiger partial charge on any atom is 0.257 e. The van der Waals surface area contributed by atoms with Gasteiger partial charge in [0.2, 0.25) is 5.91 Å². The van der Waals surface area contributed by atoms with Gasteiger partial charge in [-0.1, -0.05) is 12.1 Å². The summed E-state index contributed by atoms with van der Waals surface area (Å²) < 4.78 is 10.9. The van der Waals surface area contributed by atoms with Crippen molar-refractivity contribution in [3.63, 3.8) is 0 Å². The molecule has 2 amide bonds. The first-order chi connectivity index (χ1) is 11.7. The molecule has 7 nitrogen and oxygen atoms in total. The lowest BCUT2D eigenvalue weighted by Crippen LogP contribution is -2.47. The van der Waals surface area contributed by atoms with Gasteiger partial charge in [-0.2, -0.15) is 0 Å². The SMILES string of the molecule is CCOCCOc1ccccc1C(=O)N1CCCC(C(=O)NN)C1. The highest BCUT2D eigenvalue weighted by atomic mass is 16.5. The van der Waals surface area contributed by atoms with Gasteiger partial charge in [-0.15, -0.1) is 0 Å². The van der Waals surface area contributed by atoms with E-state index in [0.29, 0.717) is 44.2 Å². The summed E-state index contributed by atoms with van der Waals surface area (Å²) in [6.07, 6.45) is 1.51. The van der Waals surface area contributed by atoms with Crippen molar-refractivity contribution in [1.82, 2.24) is 10.3 Å². The second-order valence-electron chi connectivity index (χ2n) is 5.64. The summed E-state index contributed by atoms with van der Waals surface area (Å²) in [5.74, 6) is 5.12. The van der Waals surface area contributed by atoms with Gasteiger partial charge in [0, 0.05) is 19.7 Å². The fraction of sp³-hybridized carbons (Fsp3) is 0.529. The van der Waals surface area contributed by atoms with Gasteiger partial charge in [-0.3, -0.25) is 15.0 Å². The van der Waals surface area contributed by atoms with Crippen molar-refractivity contribution in [3.05, 3.63) is 29.8 Å². The molecule has 132 valence electrons. The molecule has 0 bridgehead atoms. The number of rotatable bonds is 7. The summed E-state index contributed by atoms with van der Waals surface area (Å²) in [6, 6.07) is 7.14. The highest BCUT2D eigenvalue weighted by Crippen LogP contribution is 2.23. The number of nitrogens with two attached hydrogens (primary N) is 1. The van der Waals surface area contributed by atoms with Crippen LogP contribution in [0, 0.1) is 5.92 Å². The van der Waals surface area contributed by atoms with Gasteiger partial charge >= 0.3 is 0 Å². The van der Waals surface area contributed by atoms with E-state index < -0.39 is 0 Å². The second-order valence-corrected chi connectivity index (χ2v) is 5.64. The summed E-state index contributed by atoms with van der Waals surface area (Å²) in [4.78, 5) is 26.2. The fourth-order valence-electron chi connectivity index (χ4n) is 2.79. The van der Waals surface area contributed by atoms with E-state index in [1.807, 2.05) is 13.0 Å². The Bertz CT molecular complexity index is 565. The highest BCUT2D eigenvalue weighted by molar-refractivity contribution is 5.97. The second kappa shape index (κ2) is 9.24. The van der Waals surface area contributed by atoms with Crippen LogP contribution < -0.4 is 16.0 Å². The standard InChI is InChI=1S/C17H25N3O4/c1-2-23-10-11-24-15-8-4-3-7-14(15)17(22)20-9-5-6-13(12-20)16(21)19-18/h3-4,7-8,13H,2,5-6,9-12,18H2,1H3,(H,19,21). The van der Waals surface area contributed by atoms with Crippen LogP contribution in [0.3, 0.4) is 0 Å². The lowest BCUT2D eigenvalue weighted by molar-refractivity contribution is -0.126. The number of carbonyl (C=O) groups excluding carboxylic acids is 2. The number of benzene rings is 1. The first-order valence-electron chi connectivity index (χ1n) is 8.26. The minimum atomic E-state index is -0.265. The van der Waals surface area contributed by atoms with E-state index >= 15 is 0 Å². The summed E-state index contributed by atoms with van der Waals surface area (Å²) >= 11 is 0. The molecule has 1 unspecified atom stereocenters. The minimum Gasteiger partial charge on any atom is -0.490 e. The number of hydrazine groups is 1. The molecule has 0 aliphatic carbocycles. The van der Waals surface area contributed by atoms with Crippen molar-refractivity contribution in [1.29, 1.82) is 0 Å². The monoisotopic (exact) mass is 335 g/mol. The quantitative estimate of drug-likeness (QED) is 0.335. The van der Waals surface area contributed by atoms with E-state index in [1.54, 1.807) is 23.1 Å². The van der Waals surface area contributed by atoms with E-state index in [2.05, 4.69) is 5.43 Å². The number of ether oxygens (including phenoxy) is 2. The Morgan fingerprint density at radius 2 is 2.12 bits per heavy atom. The van der Waals surface area contributed by atoms with E-state index in [4.69, 9.17) is 15.3 Å². The molecule has 1 atom stereocenters. The smallest absolute Gasteiger partial charge is 0.257 e. The Hall–Kier alpha value is -2.12. The Morgan fingerprint density at radius 1 is 1.33 bits per heavy atom. The van der Waals surface area contributed by atoms with Gasteiger partial charge in [0.15, 0.2) is 0 Å². The highest BCUT2D eigenvalue weighted by Gasteiger charge is 2.29. The molecular formula is C17H25N3O4. The maximum atomic E-state index is 12.8. The first kappa shape index (κ1) is 18.2.